The average Bonchev–Trinajstić information content (AvgIpc) is 2.94. The molecule has 0 amide bonds. The van der Waals surface area contributed by atoms with Crippen molar-refractivity contribution in [1.82, 2.24) is 29.9 Å². The van der Waals surface area contributed by atoms with Crippen LogP contribution in [-0.4, -0.2) is 48.2 Å². The van der Waals surface area contributed by atoms with E-state index in [0.29, 0.717) is 35.3 Å². The molecule has 0 aliphatic rings. The molecule has 9 nitrogen and oxygen atoms in total. The van der Waals surface area contributed by atoms with Crippen molar-refractivity contribution in [2.24, 2.45) is 0 Å². The molecule has 0 saturated carbocycles. The highest BCUT2D eigenvalue weighted by Gasteiger charge is 2.10. The van der Waals surface area contributed by atoms with Gasteiger partial charge in [0.2, 0.25) is 5.95 Å². The molecule has 4 N–H and O–H groups in total. The Balaban J connectivity index is 1.94. The Kier molecular flexibility index (Phi) is 3.33. The van der Waals surface area contributed by atoms with E-state index in [1.54, 1.807) is 18.6 Å². The summed E-state index contributed by atoms with van der Waals surface area (Å²) in [5.74, 6) is 1.45. The summed E-state index contributed by atoms with van der Waals surface area (Å²) in [6, 6.07) is 0. The van der Waals surface area contributed by atoms with Gasteiger partial charge in [0.1, 0.15) is 5.52 Å². The third kappa shape index (κ3) is 2.47. The molecule has 0 bridgehead atoms. The van der Waals surface area contributed by atoms with Gasteiger partial charge in [0.25, 0.3) is 0 Å². The monoisotopic (exact) mass is 272 g/mol. The minimum absolute atomic E-state index is 0.00650. The summed E-state index contributed by atoms with van der Waals surface area (Å²) in [6.45, 7) is 0.391. The van der Waals surface area contributed by atoms with Crippen LogP contribution in [0.1, 0.15) is 0 Å². The number of imidazole rings is 1. The molecular weight excluding hydrogens is 260 g/mol. The van der Waals surface area contributed by atoms with Gasteiger partial charge in [-0.05, 0) is 0 Å². The van der Waals surface area contributed by atoms with E-state index in [4.69, 9.17) is 5.11 Å². The number of aromatic amines is 1. The molecule has 0 spiro atoms. The van der Waals surface area contributed by atoms with E-state index in [9.17, 15) is 0 Å². The van der Waals surface area contributed by atoms with Gasteiger partial charge in [0.15, 0.2) is 17.3 Å². The lowest BCUT2D eigenvalue weighted by Crippen LogP contribution is -2.09. The van der Waals surface area contributed by atoms with Crippen molar-refractivity contribution < 1.29 is 5.11 Å². The van der Waals surface area contributed by atoms with Crippen molar-refractivity contribution in [3.63, 3.8) is 0 Å². The Labute approximate surface area is 113 Å². The Morgan fingerprint density at radius 3 is 2.95 bits per heavy atom. The van der Waals surface area contributed by atoms with Crippen molar-refractivity contribution in [3.05, 3.63) is 24.9 Å². The second kappa shape index (κ2) is 5.45. The van der Waals surface area contributed by atoms with Crippen LogP contribution in [0.3, 0.4) is 0 Å². The Bertz CT molecular complexity index is 698. The predicted octanol–water partition coefficient (Wildman–Crippen LogP) is 0.291. The molecule has 20 heavy (non-hydrogen) atoms. The van der Waals surface area contributed by atoms with E-state index in [-0.39, 0.29) is 6.61 Å². The fourth-order valence-electron chi connectivity index (χ4n) is 1.67. The van der Waals surface area contributed by atoms with E-state index in [1.165, 1.54) is 6.33 Å². The molecule has 0 saturated heterocycles. The summed E-state index contributed by atoms with van der Waals surface area (Å²) in [6.07, 6.45) is 6.26. The molecular formula is C11H12N8O. The van der Waals surface area contributed by atoms with E-state index < -0.39 is 0 Å². The fraction of sp³-hybridized carbons (Fsp3) is 0.182. The molecule has 0 atom stereocenters. The van der Waals surface area contributed by atoms with Crippen LogP contribution in [0, 0.1) is 0 Å². The largest absolute Gasteiger partial charge is 0.395 e. The first-order chi connectivity index (χ1) is 9.86. The van der Waals surface area contributed by atoms with Crippen LogP contribution >= 0.6 is 0 Å². The van der Waals surface area contributed by atoms with Crippen LogP contribution < -0.4 is 10.6 Å². The van der Waals surface area contributed by atoms with Gasteiger partial charge in [-0.25, -0.2) is 9.97 Å². The van der Waals surface area contributed by atoms with Crippen molar-refractivity contribution in [2.45, 2.75) is 0 Å². The molecule has 0 radical (unpaired) electrons. The first kappa shape index (κ1) is 12.2. The summed E-state index contributed by atoms with van der Waals surface area (Å²) >= 11 is 0. The van der Waals surface area contributed by atoms with Gasteiger partial charge < -0.3 is 20.7 Å². The van der Waals surface area contributed by atoms with Crippen LogP contribution in [0.15, 0.2) is 24.9 Å². The van der Waals surface area contributed by atoms with E-state index in [1.807, 2.05) is 0 Å². The molecule has 102 valence electrons. The maximum absolute atomic E-state index is 8.89. The number of nitrogens with zero attached hydrogens (tertiary/aromatic N) is 5. The van der Waals surface area contributed by atoms with E-state index in [0.717, 1.165) is 0 Å². The molecule has 3 heterocycles. The zero-order valence-electron chi connectivity index (χ0n) is 10.4. The van der Waals surface area contributed by atoms with Gasteiger partial charge >= 0.3 is 0 Å². The Morgan fingerprint density at radius 1 is 1.20 bits per heavy atom. The quantitative estimate of drug-likeness (QED) is 0.522. The van der Waals surface area contributed by atoms with E-state index >= 15 is 0 Å². The van der Waals surface area contributed by atoms with Crippen molar-refractivity contribution in [3.8, 4) is 0 Å². The van der Waals surface area contributed by atoms with Gasteiger partial charge in [-0.3, -0.25) is 4.98 Å². The first-order valence-corrected chi connectivity index (χ1v) is 5.95. The third-order valence-electron chi connectivity index (χ3n) is 2.49. The normalized spacial score (nSPS) is 10.7. The minimum Gasteiger partial charge on any atom is -0.395 e. The average molecular weight is 272 g/mol. The highest BCUT2D eigenvalue weighted by Crippen LogP contribution is 2.19. The second-order valence-corrected chi connectivity index (χ2v) is 3.86. The molecule has 0 fully saturated rings. The third-order valence-corrected chi connectivity index (χ3v) is 2.49. The summed E-state index contributed by atoms with van der Waals surface area (Å²) in [7, 11) is 0. The maximum Gasteiger partial charge on any atom is 0.232 e. The number of anilines is 3. The van der Waals surface area contributed by atoms with Crippen LogP contribution in [0.5, 0.6) is 0 Å². The van der Waals surface area contributed by atoms with Gasteiger partial charge in [0.05, 0.1) is 19.1 Å². The van der Waals surface area contributed by atoms with Gasteiger partial charge in [-0.1, -0.05) is 0 Å². The number of fused-ring (bicyclic) bond motifs is 1. The smallest absolute Gasteiger partial charge is 0.232 e. The number of H-pyrrole nitrogens is 1. The molecule has 3 aromatic heterocycles. The highest BCUT2D eigenvalue weighted by atomic mass is 16.3. The molecule has 3 rings (SSSR count). The van der Waals surface area contributed by atoms with Crippen molar-refractivity contribution in [2.75, 3.05) is 23.8 Å². The fourth-order valence-corrected chi connectivity index (χ4v) is 1.67. The number of aliphatic hydroxyl groups excluding tert-OH is 1. The Hall–Kier alpha value is -2.81. The lowest BCUT2D eigenvalue weighted by molar-refractivity contribution is 0.311. The molecule has 0 unspecified atom stereocenters. The predicted molar refractivity (Wildman–Crippen MR) is 72.6 cm³/mol. The number of nitrogens with one attached hydrogen (secondary N) is 3. The van der Waals surface area contributed by atoms with E-state index in [2.05, 4.69) is 40.5 Å². The molecule has 0 aliphatic carbocycles. The van der Waals surface area contributed by atoms with Crippen LogP contribution in [-0.2, 0) is 0 Å². The number of hydrogen-bond donors (Lipinski definition) is 4. The van der Waals surface area contributed by atoms with Crippen molar-refractivity contribution >= 4 is 28.7 Å². The van der Waals surface area contributed by atoms with Crippen LogP contribution in [0.2, 0.25) is 0 Å². The van der Waals surface area contributed by atoms with Gasteiger partial charge in [-0.2, -0.15) is 9.97 Å². The SMILES string of the molecule is OCCNc1nc(Nc2cnccn2)nc2nc[nH]c12. The number of aromatic nitrogens is 6. The van der Waals surface area contributed by atoms with Gasteiger partial charge in [-0.15, -0.1) is 0 Å². The summed E-state index contributed by atoms with van der Waals surface area (Å²) in [5, 5.41) is 14.8. The number of rotatable bonds is 5. The highest BCUT2D eigenvalue weighted by molar-refractivity contribution is 5.83. The van der Waals surface area contributed by atoms with Gasteiger partial charge in [0, 0.05) is 18.9 Å². The minimum atomic E-state index is 0.00650. The zero-order valence-corrected chi connectivity index (χ0v) is 10.4. The second-order valence-electron chi connectivity index (χ2n) is 3.86. The standard InChI is InChI=1S/C11H12N8O/c20-4-3-14-9-8-10(16-6-15-8)19-11(18-9)17-7-5-12-1-2-13-7/h1-2,5-6,20H,3-4H2,(H3,13,14,15,16,17,18,19). The Morgan fingerprint density at radius 2 is 2.15 bits per heavy atom. The zero-order chi connectivity index (χ0) is 13.8. The topological polar surface area (TPSA) is 125 Å². The molecule has 0 aromatic carbocycles. The summed E-state index contributed by atoms with van der Waals surface area (Å²) in [5.41, 5.74) is 1.20. The molecule has 0 aliphatic heterocycles. The lowest BCUT2D eigenvalue weighted by Gasteiger charge is -2.07. The van der Waals surface area contributed by atoms with Crippen LogP contribution in [0.4, 0.5) is 17.6 Å². The maximum atomic E-state index is 8.89. The van der Waals surface area contributed by atoms with Crippen molar-refractivity contribution in [1.29, 1.82) is 0 Å². The van der Waals surface area contributed by atoms with Crippen LogP contribution in [0.25, 0.3) is 11.2 Å². The number of aliphatic hydroxyl groups is 1. The first-order valence-electron chi connectivity index (χ1n) is 5.95. The summed E-state index contributed by atoms with van der Waals surface area (Å²) < 4.78 is 0. The summed E-state index contributed by atoms with van der Waals surface area (Å²) in [4.78, 5) is 23.7. The molecule has 3 aromatic rings. The lowest BCUT2D eigenvalue weighted by atomic mass is 10.4. The number of hydrogen-bond acceptors (Lipinski definition) is 8. The molecule has 9 heteroatoms.